The minimum Gasteiger partial charge on any atom is -0.459 e. The Hall–Kier alpha value is -2.30. The highest BCUT2D eigenvalue weighted by Crippen LogP contribution is 2.27. The average Bonchev–Trinajstić information content (AvgIpc) is 2.93. The number of aromatic nitrogens is 1. The molecule has 0 amide bonds. The Morgan fingerprint density at radius 1 is 1.38 bits per heavy atom. The summed E-state index contributed by atoms with van der Waals surface area (Å²) in [7, 11) is 0. The van der Waals surface area contributed by atoms with Crippen molar-refractivity contribution in [2.75, 3.05) is 0 Å². The van der Waals surface area contributed by atoms with E-state index in [0.29, 0.717) is 17.7 Å². The van der Waals surface area contributed by atoms with Gasteiger partial charge in [-0.05, 0) is 65.5 Å². The van der Waals surface area contributed by atoms with E-state index in [1.54, 1.807) is 6.07 Å². The van der Waals surface area contributed by atoms with Crippen LogP contribution in [0.1, 0.15) is 64.8 Å². The molecule has 26 heavy (non-hydrogen) atoms. The number of hydrogen-bond acceptors (Lipinski definition) is 4. The summed E-state index contributed by atoms with van der Waals surface area (Å²) in [5, 5.41) is 0. The highest BCUT2D eigenvalue weighted by Gasteiger charge is 2.28. The second kappa shape index (κ2) is 8.39. The minimum absolute atomic E-state index is 0.144. The Labute approximate surface area is 155 Å². The molecule has 1 aromatic heterocycles. The molecule has 1 aromatic rings. The first kappa shape index (κ1) is 20.0. The highest BCUT2D eigenvalue weighted by molar-refractivity contribution is 6.17. The van der Waals surface area contributed by atoms with Crippen molar-refractivity contribution in [1.29, 1.82) is 0 Å². The Bertz CT molecular complexity index is 706. The minimum atomic E-state index is -0.616. The van der Waals surface area contributed by atoms with Crippen LogP contribution in [0.25, 0.3) is 5.57 Å². The fourth-order valence-corrected chi connectivity index (χ4v) is 2.87. The van der Waals surface area contributed by atoms with Gasteiger partial charge in [0.1, 0.15) is 11.7 Å². The Morgan fingerprint density at radius 3 is 2.73 bits per heavy atom. The number of carbonyl (C=O) groups is 2. The monoisotopic (exact) mass is 359 g/mol. The van der Waals surface area contributed by atoms with Crippen molar-refractivity contribution >= 4 is 17.6 Å². The predicted octanol–water partition coefficient (Wildman–Crippen LogP) is 4.89. The van der Waals surface area contributed by atoms with Crippen LogP contribution >= 0.6 is 0 Å². The molecule has 1 aliphatic heterocycles. The van der Waals surface area contributed by atoms with Gasteiger partial charge in [0.15, 0.2) is 0 Å². The molecule has 0 bridgehead atoms. The van der Waals surface area contributed by atoms with Gasteiger partial charge in [0.25, 0.3) is 0 Å². The van der Waals surface area contributed by atoms with Gasteiger partial charge in [-0.2, -0.15) is 0 Å². The number of carbonyl (C=O) groups excluding carboxylic acids is 2. The van der Waals surface area contributed by atoms with Gasteiger partial charge in [0.2, 0.25) is 0 Å². The molecule has 0 saturated carbocycles. The van der Waals surface area contributed by atoms with E-state index in [9.17, 15) is 9.59 Å². The van der Waals surface area contributed by atoms with Gasteiger partial charge in [-0.3, -0.25) is 0 Å². The number of allylic oxidation sites excluding steroid dienone is 1. The van der Waals surface area contributed by atoms with Crippen LogP contribution in [-0.2, 0) is 20.7 Å². The fourth-order valence-electron chi connectivity index (χ4n) is 2.87. The third kappa shape index (κ3) is 5.10. The molecular weight excluding hydrogens is 330 g/mol. The van der Waals surface area contributed by atoms with Crippen LogP contribution in [0.2, 0.25) is 0 Å². The molecule has 1 unspecified atom stereocenters. The quantitative estimate of drug-likeness (QED) is 0.412. The first-order chi connectivity index (χ1) is 12.2. The largest absolute Gasteiger partial charge is 0.459 e. The summed E-state index contributed by atoms with van der Waals surface area (Å²) in [5.74, 6) is -0.398. The second-order valence-corrected chi connectivity index (χ2v) is 7.63. The third-order valence-electron chi connectivity index (χ3n) is 4.09. The maximum absolute atomic E-state index is 12.8. The summed E-state index contributed by atoms with van der Waals surface area (Å²) >= 11 is 0. The van der Waals surface area contributed by atoms with Gasteiger partial charge in [0, 0.05) is 12.1 Å². The lowest BCUT2D eigenvalue weighted by atomic mass is 10.1. The smallest absolute Gasteiger partial charge is 0.419 e. The fraction of sp³-hybridized carbons (Fsp3) is 0.524. The summed E-state index contributed by atoms with van der Waals surface area (Å²) in [5.41, 5.74) is 1.18. The molecule has 142 valence electrons. The summed E-state index contributed by atoms with van der Waals surface area (Å²) in [6.07, 6.45) is 7.35. The van der Waals surface area contributed by atoms with Crippen LogP contribution in [0, 0.1) is 0 Å². The molecule has 2 heterocycles. The first-order valence-electron chi connectivity index (χ1n) is 9.19. The van der Waals surface area contributed by atoms with Crippen LogP contribution in [-0.4, -0.2) is 28.3 Å². The van der Waals surface area contributed by atoms with Crippen LogP contribution < -0.4 is 0 Å². The molecule has 0 aliphatic carbocycles. The number of hydrogen-bond donors (Lipinski definition) is 0. The zero-order valence-corrected chi connectivity index (χ0v) is 16.2. The van der Waals surface area contributed by atoms with E-state index in [1.807, 2.05) is 45.9 Å². The van der Waals surface area contributed by atoms with E-state index in [2.05, 4.69) is 6.58 Å². The van der Waals surface area contributed by atoms with E-state index in [0.717, 1.165) is 31.4 Å². The number of nitrogens with zero attached hydrogens (tertiary/aromatic N) is 1. The van der Waals surface area contributed by atoms with Gasteiger partial charge in [-0.1, -0.05) is 12.2 Å². The van der Waals surface area contributed by atoms with Gasteiger partial charge < -0.3 is 9.47 Å². The molecule has 2 rings (SSSR count). The maximum Gasteiger partial charge on any atom is 0.419 e. The average molecular weight is 359 g/mol. The van der Waals surface area contributed by atoms with E-state index in [1.165, 1.54) is 4.57 Å². The van der Waals surface area contributed by atoms with Crippen molar-refractivity contribution in [3.8, 4) is 0 Å². The molecular formula is C21H29NO4. The summed E-state index contributed by atoms with van der Waals surface area (Å²) in [4.78, 5) is 25.1. The van der Waals surface area contributed by atoms with Crippen LogP contribution in [0.3, 0.4) is 0 Å². The lowest BCUT2D eigenvalue weighted by Crippen LogP contribution is -2.30. The first-order valence-corrected chi connectivity index (χ1v) is 9.19. The highest BCUT2D eigenvalue weighted by atomic mass is 16.6. The number of cyclic esters (lactones) is 1. The van der Waals surface area contributed by atoms with Gasteiger partial charge in [-0.25, -0.2) is 14.2 Å². The Morgan fingerprint density at radius 2 is 2.12 bits per heavy atom. The zero-order valence-electron chi connectivity index (χ0n) is 16.2. The van der Waals surface area contributed by atoms with Crippen molar-refractivity contribution in [3.63, 3.8) is 0 Å². The van der Waals surface area contributed by atoms with Crippen molar-refractivity contribution < 1.29 is 19.1 Å². The maximum atomic E-state index is 12.8. The second-order valence-electron chi connectivity index (χ2n) is 7.63. The number of esters is 1. The molecule has 0 spiro atoms. The van der Waals surface area contributed by atoms with Gasteiger partial charge in [0.05, 0.1) is 11.3 Å². The van der Waals surface area contributed by atoms with E-state index in [4.69, 9.17) is 9.47 Å². The molecule has 0 N–H and O–H groups in total. The molecule has 1 aliphatic rings. The number of ether oxygens (including phenoxy) is 2. The lowest BCUT2D eigenvalue weighted by Gasteiger charge is -2.23. The summed E-state index contributed by atoms with van der Waals surface area (Å²) in [6.45, 7) is 11.1. The van der Waals surface area contributed by atoms with Crippen molar-refractivity contribution in [2.24, 2.45) is 0 Å². The Balaban J connectivity index is 2.35. The molecule has 5 heteroatoms. The van der Waals surface area contributed by atoms with Gasteiger partial charge in [-0.15, -0.1) is 6.58 Å². The molecule has 0 saturated heterocycles. The normalized spacial score (nSPS) is 17.5. The molecule has 0 radical (unpaired) electrons. The molecule has 0 aromatic carbocycles. The molecule has 1 atom stereocenters. The van der Waals surface area contributed by atoms with E-state index >= 15 is 0 Å². The third-order valence-corrected chi connectivity index (χ3v) is 4.09. The van der Waals surface area contributed by atoms with Crippen LogP contribution in [0.5, 0.6) is 0 Å². The number of unbranched alkanes of at least 4 members (excludes halogenated alkanes) is 2. The standard InChI is InChI=1S/C21H29NO4/c1-6-7-8-9-10-16-12-14-18(17-13-11-15(2)25-19(17)23)22(16)20(24)26-21(3,4)5/h6,12-15H,1,7-11H2,2-5H3. The van der Waals surface area contributed by atoms with E-state index < -0.39 is 17.7 Å². The Kier molecular flexibility index (Phi) is 6.46. The van der Waals surface area contributed by atoms with Gasteiger partial charge >= 0.3 is 12.1 Å². The number of rotatable bonds is 6. The van der Waals surface area contributed by atoms with Crippen molar-refractivity contribution in [2.45, 2.75) is 71.5 Å². The summed E-state index contributed by atoms with van der Waals surface area (Å²) in [6, 6.07) is 3.69. The van der Waals surface area contributed by atoms with Crippen LogP contribution in [0.15, 0.2) is 30.9 Å². The predicted molar refractivity (Wildman–Crippen MR) is 102 cm³/mol. The zero-order chi connectivity index (χ0) is 19.3. The summed E-state index contributed by atoms with van der Waals surface area (Å²) < 4.78 is 12.4. The number of aryl methyl sites for hydroxylation is 1. The van der Waals surface area contributed by atoms with Crippen molar-refractivity contribution in [3.05, 3.63) is 42.3 Å². The molecule has 5 nitrogen and oxygen atoms in total. The van der Waals surface area contributed by atoms with Crippen molar-refractivity contribution in [1.82, 2.24) is 4.57 Å². The topological polar surface area (TPSA) is 57.5 Å². The van der Waals surface area contributed by atoms with Crippen LogP contribution in [0.4, 0.5) is 4.79 Å². The SMILES string of the molecule is C=CCCCCc1ccc(C2=CCC(C)OC2=O)n1C(=O)OC(C)(C)C. The lowest BCUT2D eigenvalue weighted by molar-refractivity contribution is -0.141. The van der Waals surface area contributed by atoms with E-state index in [-0.39, 0.29) is 6.10 Å². The molecule has 0 fully saturated rings.